The third kappa shape index (κ3) is 3.80. The van der Waals surface area contributed by atoms with Crippen LogP contribution in [0.25, 0.3) is 0 Å². The molecule has 2 rings (SSSR count). The fraction of sp³-hybridized carbons (Fsp3) is 0.727. The van der Waals surface area contributed by atoms with Gasteiger partial charge in [-0.25, -0.2) is 4.98 Å². The normalized spacial score (nSPS) is 19.8. The molecule has 0 spiro atoms. The van der Waals surface area contributed by atoms with E-state index in [9.17, 15) is 0 Å². The SMILES string of the molecule is BrCCN1CCCN(Cc2nccs2)CC1. The van der Waals surface area contributed by atoms with Gasteiger partial charge >= 0.3 is 0 Å². The van der Waals surface area contributed by atoms with Gasteiger partial charge in [0.15, 0.2) is 0 Å². The summed E-state index contributed by atoms with van der Waals surface area (Å²) in [5.41, 5.74) is 0. The Kier molecular flexibility index (Phi) is 5.22. The van der Waals surface area contributed by atoms with Gasteiger partial charge in [-0.2, -0.15) is 0 Å². The van der Waals surface area contributed by atoms with Gasteiger partial charge in [0, 0.05) is 36.5 Å². The molecular weight excluding hydrogens is 286 g/mol. The predicted molar refractivity (Wildman–Crippen MR) is 72.2 cm³/mol. The standard InChI is InChI=1S/C11H18BrN3S/c12-2-6-14-4-1-5-15(8-7-14)10-11-13-3-9-16-11/h3,9H,1-2,4-8,10H2. The van der Waals surface area contributed by atoms with Crippen LogP contribution in [0.1, 0.15) is 11.4 Å². The van der Waals surface area contributed by atoms with E-state index in [4.69, 9.17) is 0 Å². The van der Waals surface area contributed by atoms with Crippen LogP contribution in [0.5, 0.6) is 0 Å². The van der Waals surface area contributed by atoms with E-state index in [1.807, 2.05) is 6.20 Å². The molecule has 1 saturated heterocycles. The lowest BCUT2D eigenvalue weighted by molar-refractivity contribution is 0.258. The van der Waals surface area contributed by atoms with Crippen molar-refractivity contribution >= 4 is 27.3 Å². The van der Waals surface area contributed by atoms with Crippen molar-refractivity contribution in [3.05, 3.63) is 16.6 Å². The maximum Gasteiger partial charge on any atom is 0.107 e. The zero-order valence-corrected chi connectivity index (χ0v) is 11.8. The lowest BCUT2D eigenvalue weighted by Crippen LogP contribution is -2.31. The maximum atomic E-state index is 4.35. The van der Waals surface area contributed by atoms with Crippen molar-refractivity contribution in [2.75, 3.05) is 38.1 Å². The van der Waals surface area contributed by atoms with Crippen LogP contribution < -0.4 is 0 Å². The average molecular weight is 304 g/mol. The Morgan fingerprint density at radius 3 is 2.81 bits per heavy atom. The second kappa shape index (κ2) is 6.69. The topological polar surface area (TPSA) is 19.4 Å². The molecule has 1 aliphatic heterocycles. The fourth-order valence-electron chi connectivity index (χ4n) is 2.05. The third-order valence-corrected chi connectivity index (χ3v) is 4.04. The largest absolute Gasteiger partial charge is 0.301 e. The minimum Gasteiger partial charge on any atom is -0.301 e. The first-order chi connectivity index (χ1) is 7.88. The van der Waals surface area contributed by atoms with E-state index in [0.29, 0.717) is 0 Å². The molecule has 90 valence electrons. The zero-order valence-electron chi connectivity index (χ0n) is 9.44. The van der Waals surface area contributed by atoms with Gasteiger partial charge in [-0.15, -0.1) is 11.3 Å². The van der Waals surface area contributed by atoms with E-state index < -0.39 is 0 Å². The quantitative estimate of drug-likeness (QED) is 0.794. The Labute approximate surface area is 110 Å². The van der Waals surface area contributed by atoms with Crippen molar-refractivity contribution in [1.29, 1.82) is 0 Å². The van der Waals surface area contributed by atoms with Crippen LogP contribution in [0.2, 0.25) is 0 Å². The summed E-state index contributed by atoms with van der Waals surface area (Å²) in [5, 5.41) is 4.39. The van der Waals surface area contributed by atoms with E-state index in [0.717, 1.165) is 11.9 Å². The second-order valence-electron chi connectivity index (χ2n) is 4.09. The van der Waals surface area contributed by atoms with Crippen LogP contribution in [0.15, 0.2) is 11.6 Å². The Bertz CT molecular complexity index is 291. The average Bonchev–Trinajstić information content (AvgIpc) is 2.68. The number of alkyl halides is 1. The molecule has 2 heterocycles. The lowest BCUT2D eigenvalue weighted by atomic mass is 10.4. The summed E-state index contributed by atoms with van der Waals surface area (Å²) in [6.45, 7) is 7.01. The number of hydrogen-bond acceptors (Lipinski definition) is 4. The molecule has 1 aromatic heterocycles. The number of thiazole rings is 1. The summed E-state index contributed by atoms with van der Waals surface area (Å²) in [4.78, 5) is 9.41. The molecule has 0 amide bonds. The number of halogens is 1. The number of rotatable bonds is 4. The zero-order chi connectivity index (χ0) is 11.2. The van der Waals surface area contributed by atoms with E-state index in [2.05, 4.69) is 36.1 Å². The monoisotopic (exact) mass is 303 g/mol. The van der Waals surface area contributed by atoms with E-state index in [1.165, 1.54) is 44.2 Å². The Hall–Kier alpha value is 0.0300. The van der Waals surface area contributed by atoms with Crippen molar-refractivity contribution in [3.63, 3.8) is 0 Å². The molecule has 0 radical (unpaired) electrons. The smallest absolute Gasteiger partial charge is 0.107 e. The highest BCUT2D eigenvalue weighted by atomic mass is 79.9. The molecule has 16 heavy (non-hydrogen) atoms. The van der Waals surface area contributed by atoms with Gasteiger partial charge in [0.25, 0.3) is 0 Å². The van der Waals surface area contributed by atoms with Crippen LogP contribution in [0.4, 0.5) is 0 Å². The maximum absolute atomic E-state index is 4.35. The third-order valence-electron chi connectivity index (χ3n) is 2.92. The molecule has 0 bridgehead atoms. The van der Waals surface area contributed by atoms with Crippen LogP contribution >= 0.6 is 27.3 Å². The van der Waals surface area contributed by atoms with Crippen LogP contribution in [-0.4, -0.2) is 52.8 Å². The highest BCUT2D eigenvalue weighted by Crippen LogP contribution is 2.11. The number of aromatic nitrogens is 1. The van der Waals surface area contributed by atoms with Crippen molar-refractivity contribution in [3.8, 4) is 0 Å². The minimum absolute atomic E-state index is 1.03. The molecule has 0 N–H and O–H groups in total. The lowest BCUT2D eigenvalue weighted by Gasteiger charge is -2.20. The van der Waals surface area contributed by atoms with Crippen molar-refractivity contribution in [1.82, 2.24) is 14.8 Å². The van der Waals surface area contributed by atoms with Crippen molar-refractivity contribution in [2.24, 2.45) is 0 Å². The Morgan fingerprint density at radius 2 is 2.06 bits per heavy atom. The fourth-order valence-corrected chi connectivity index (χ4v) is 3.21. The molecule has 0 atom stereocenters. The summed E-state index contributed by atoms with van der Waals surface area (Å²) in [6, 6.07) is 0. The summed E-state index contributed by atoms with van der Waals surface area (Å²) in [6.07, 6.45) is 3.17. The van der Waals surface area contributed by atoms with E-state index in [1.54, 1.807) is 11.3 Å². The van der Waals surface area contributed by atoms with Crippen molar-refractivity contribution < 1.29 is 0 Å². The van der Waals surface area contributed by atoms with Gasteiger partial charge in [-0.1, -0.05) is 15.9 Å². The predicted octanol–water partition coefficient (Wildman–Crippen LogP) is 2.05. The molecule has 1 aliphatic rings. The molecular formula is C11H18BrN3S. The molecule has 1 fully saturated rings. The van der Waals surface area contributed by atoms with Crippen molar-refractivity contribution in [2.45, 2.75) is 13.0 Å². The van der Waals surface area contributed by atoms with Gasteiger partial charge in [0.2, 0.25) is 0 Å². The molecule has 0 saturated carbocycles. The number of nitrogens with zero attached hydrogens (tertiary/aromatic N) is 3. The molecule has 3 nitrogen and oxygen atoms in total. The van der Waals surface area contributed by atoms with Crippen LogP contribution in [0, 0.1) is 0 Å². The highest BCUT2D eigenvalue weighted by Gasteiger charge is 2.14. The molecule has 1 aromatic rings. The minimum atomic E-state index is 1.03. The first kappa shape index (κ1) is 12.5. The molecule has 5 heteroatoms. The first-order valence-corrected chi connectivity index (χ1v) is 7.77. The van der Waals surface area contributed by atoms with E-state index in [-0.39, 0.29) is 0 Å². The summed E-state index contributed by atoms with van der Waals surface area (Å²) in [7, 11) is 0. The molecule has 0 unspecified atom stereocenters. The van der Waals surface area contributed by atoms with Gasteiger partial charge in [-0.3, -0.25) is 4.90 Å². The van der Waals surface area contributed by atoms with Crippen LogP contribution in [-0.2, 0) is 6.54 Å². The number of hydrogen-bond donors (Lipinski definition) is 0. The van der Waals surface area contributed by atoms with Gasteiger partial charge < -0.3 is 4.90 Å². The Morgan fingerprint density at radius 1 is 1.25 bits per heavy atom. The molecule has 0 aromatic carbocycles. The van der Waals surface area contributed by atoms with Gasteiger partial charge in [-0.05, 0) is 19.5 Å². The molecule has 0 aliphatic carbocycles. The first-order valence-electron chi connectivity index (χ1n) is 5.77. The second-order valence-corrected chi connectivity index (χ2v) is 5.86. The van der Waals surface area contributed by atoms with E-state index >= 15 is 0 Å². The summed E-state index contributed by atoms with van der Waals surface area (Å²) >= 11 is 5.27. The van der Waals surface area contributed by atoms with Gasteiger partial charge in [0.05, 0.1) is 6.54 Å². The highest BCUT2D eigenvalue weighted by molar-refractivity contribution is 9.09. The Balaban J connectivity index is 1.80. The van der Waals surface area contributed by atoms with Gasteiger partial charge in [0.1, 0.15) is 5.01 Å². The summed E-state index contributed by atoms with van der Waals surface area (Å²) < 4.78 is 0. The van der Waals surface area contributed by atoms with Crippen LogP contribution in [0.3, 0.4) is 0 Å². The summed E-state index contributed by atoms with van der Waals surface area (Å²) in [5.74, 6) is 0.